The second kappa shape index (κ2) is 11.2. The molecule has 0 N–H and O–H groups in total. The number of tetrazole rings is 1. The van der Waals surface area contributed by atoms with Gasteiger partial charge in [-0.25, -0.2) is 4.68 Å². The first-order valence-electron chi connectivity index (χ1n) is 11.4. The number of aromatic nitrogens is 4. The maximum Gasteiger partial charge on any atom is 0.173 e. The van der Waals surface area contributed by atoms with Crippen molar-refractivity contribution in [2.75, 3.05) is 40.4 Å². The molecular formula is C25H35ClN6O2. The van der Waals surface area contributed by atoms with E-state index < -0.39 is 0 Å². The molecule has 1 atom stereocenters. The summed E-state index contributed by atoms with van der Waals surface area (Å²) in [5.41, 5.74) is 2.10. The number of methoxy groups -OCH3 is 2. The van der Waals surface area contributed by atoms with Gasteiger partial charge in [0.05, 0.1) is 19.8 Å². The molecule has 2 aromatic carbocycles. The highest BCUT2D eigenvalue weighted by Crippen LogP contribution is 2.40. The van der Waals surface area contributed by atoms with Gasteiger partial charge in [-0.1, -0.05) is 42.5 Å². The van der Waals surface area contributed by atoms with Crippen molar-refractivity contribution in [2.24, 2.45) is 0 Å². The molecule has 0 amide bonds. The van der Waals surface area contributed by atoms with Gasteiger partial charge in [-0.2, -0.15) is 0 Å². The van der Waals surface area contributed by atoms with Gasteiger partial charge in [-0.05, 0) is 42.8 Å². The summed E-state index contributed by atoms with van der Waals surface area (Å²) in [5.74, 6) is 2.24. The number of hydrogen-bond acceptors (Lipinski definition) is 7. The molecule has 0 bridgehead atoms. The Labute approximate surface area is 208 Å². The zero-order chi connectivity index (χ0) is 23.4. The Morgan fingerprint density at radius 1 is 0.912 bits per heavy atom. The van der Waals surface area contributed by atoms with E-state index in [4.69, 9.17) is 9.47 Å². The third-order valence-corrected chi connectivity index (χ3v) is 6.12. The molecule has 1 saturated heterocycles. The molecule has 1 aliphatic heterocycles. The first kappa shape index (κ1) is 25.9. The van der Waals surface area contributed by atoms with Gasteiger partial charge < -0.3 is 9.47 Å². The van der Waals surface area contributed by atoms with Gasteiger partial charge in [0.2, 0.25) is 0 Å². The van der Waals surface area contributed by atoms with Crippen LogP contribution in [0.3, 0.4) is 0 Å². The average Bonchev–Trinajstić information content (AvgIpc) is 3.31. The summed E-state index contributed by atoms with van der Waals surface area (Å²) in [7, 11) is 3.35. The smallest absolute Gasteiger partial charge is 0.173 e. The molecule has 3 aromatic rings. The highest BCUT2D eigenvalue weighted by molar-refractivity contribution is 5.85. The van der Waals surface area contributed by atoms with Crippen LogP contribution in [0.5, 0.6) is 11.5 Å². The van der Waals surface area contributed by atoms with Crippen LogP contribution in [0.15, 0.2) is 48.5 Å². The van der Waals surface area contributed by atoms with Crippen molar-refractivity contribution in [2.45, 2.75) is 38.9 Å². The normalized spacial score (nSPS) is 16.0. The van der Waals surface area contributed by atoms with Crippen molar-refractivity contribution < 1.29 is 9.47 Å². The molecular weight excluding hydrogens is 452 g/mol. The van der Waals surface area contributed by atoms with Gasteiger partial charge in [0.1, 0.15) is 6.04 Å². The number of rotatable bonds is 7. The number of para-hydroxylation sites is 1. The van der Waals surface area contributed by atoms with Crippen LogP contribution < -0.4 is 9.47 Å². The van der Waals surface area contributed by atoms with Crippen LogP contribution in [0.2, 0.25) is 0 Å². The van der Waals surface area contributed by atoms with Crippen molar-refractivity contribution in [3.05, 3.63) is 65.5 Å². The quantitative estimate of drug-likeness (QED) is 0.503. The Morgan fingerprint density at radius 3 is 2.24 bits per heavy atom. The van der Waals surface area contributed by atoms with E-state index in [1.54, 1.807) is 14.2 Å². The summed E-state index contributed by atoms with van der Waals surface area (Å²) >= 11 is 0. The predicted octanol–water partition coefficient (Wildman–Crippen LogP) is 3.77. The lowest BCUT2D eigenvalue weighted by molar-refractivity contribution is 0.0968. The number of benzene rings is 2. The fourth-order valence-corrected chi connectivity index (χ4v) is 4.49. The van der Waals surface area contributed by atoms with Crippen LogP contribution in [-0.2, 0) is 12.1 Å². The zero-order valence-corrected chi connectivity index (χ0v) is 21.5. The minimum atomic E-state index is -0.252. The van der Waals surface area contributed by atoms with Crippen LogP contribution >= 0.6 is 12.4 Å². The second-order valence-corrected chi connectivity index (χ2v) is 9.40. The monoisotopic (exact) mass is 486 g/mol. The second-order valence-electron chi connectivity index (χ2n) is 9.40. The Hall–Kier alpha value is -2.68. The van der Waals surface area contributed by atoms with Crippen LogP contribution in [0.25, 0.3) is 0 Å². The molecule has 9 heteroatoms. The predicted molar refractivity (Wildman–Crippen MR) is 135 cm³/mol. The van der Waals surface area contributed by atoms with E-state index in [1.165, 1.54) is 5.56 Å². The van der Waals surface area contributed by atoms with Crippen molar-refractivity contribution in [1.82, 2.24) is 30.0 Å². The Bertz CT molecular complexity index is 1050. The first-order chi connectivity index (χ1) is 15.9. The van der Waals surface area contributed by atoms with Crippen LogP contribution in [0.1, 0.15) is 43.8 Å². The lowest BCUT2D eigenvalue weighted by Crippen LogP contribution is -2.48. The molecule has 0 spiro atoms. The van der Waals surface area contributed by atoms with Crippen molar-refractivity contribution >= 4 is 12.4 Å². The van der Waals surface area contributed by atoms with Crippen molar-refractivity contribution in [3.8, 4) is 11.5 Å². The summed E-state index contributed by atoms with van der Waals surface area (Å²) in [6.45, 7) is 11.0. The van der Waals surface area contributed by atoms with Crippen LogP contribution in [-0.4, -0.2) is 70.4 Å². The number of piperazine rings is 1. The number of hydrogen-bond donors (Lipinski definition) is 0. The fraction of sp³-hybridized carbons (Fsp3) is 0.480. The largest absolute Gasteiger partial charge is 0.493 e. The van der Waals surface area contributed by atoms with Crippen LogP contribution in [0.4, 0.5) is 0 Å². The van der Waals surface area contributed by atoms with Gasteiger partial charge >= 0.3 is 0 Å². The summed E-state index contributed by atoms with van der Waals surface area (Å²) in [4.78, 5) is 4.95. The van der Waals surface area contributed by atoms with Crippen LogP contribution in [0, 0.1) is 0 Å². The summed E-state index contributed by atoms with van der Waals surface area (Å²) in [6, 6.07) is 16.5. The third kappa shape index (κ3) is 5.51. The van der Waals surface area contributed by atoms with E-state index in [0.717, 1.165) is 49.9 Å². The molecule has 0 aliphatic carbocycles. The summed E-state index contributed by atoms with van der Waals surface area (Å²) in [5, 5.41) is 12.9. The zero-order valence-electron chi connectivity index (χ0n) is 20.6. The molecule has 1 aromatic heterocycles. The minimum Gasteiger partial charge on any atom is -0.493 e. The highest BCUT2D eigenvalue weighted by atomic mass is 35.5. The molecule has 34 heavy (non-hydrogen) atoms. The maximum absolute atomic E-state index is 5.82. The highest BCUT2D eigenvalue weighted by Gasteiger charge is 2.35. The molecule has 1 unspecified atom stereocenters. The Kier molecular flexibility index (Phi) is 8.52. The first-order valence-corrected chi connectivity index (χ1v) is 11.4. The van der Waals surface area contributed by atoms with E-state index in [9.17, 15) is 0 Å². The lowest BCUT2D eigenvalue weighted by Gasteiger charge is -2.40. The number of nitrogens with zero attached hydrogens (tertiary/aromatic N) is 6. The maximum atomic E-state index is 5.82. The molecule has 1 aliphatic rings. The van der Waals surface area contributed by atoms with Gasteiger partial charge in [-0.15, -0.1) is 17.5 Å². The SMILES string of the molecule is COc1cccc(C(c2nnnn2C(C)(C)C)N2CCN(Cc3ccccc3)CC2)c1OC.Cl. The number of halogens is 1. The van der Waals surface area contributed by atoms with Gasteiger partial charge in [0, 0.05) is 38.3 Å². The molecule has 4 rings (SSSR count). The standard InChI is InChI=1S/C25H34N6O2.ClH/c1-25(2,3)31-24(26-27-28-31)22(20-12-9-13-21(32-4)23(20)33-5)30-16-14-29(15-17-30)18-19-10-7-6-8-11-19;/h6-13,22H,14-18H2,1-5H3;1H. The molecule has 0 saturated carbocycles. The van der Waals surface area contributed by atoms with E-state index in [0.29, 0.717) is 5.75 Å². The van der Waals surface area contributed by atoms with E-state index >= 15 is 0 Å². The lowest BCUT2D eigenvalue weighted by atomic mass is 10.00. The third-order valence-electron chi connectivity index (χ3n) is 6.12. The fourth-order valence-electron chi connectivity index (χ4n) is 4.49. The van der Waals surface area contributed by atoms with E-state index in [1.807, 2.05) is 16.8 Å². The van der Waals surface area contributed by atoms with E-state index in [2.05, 4.69) is 82.5 Å². The topological polar surface area (TPSA) is 68.5 Å². The number of ether oxygens (including phenoxy) is 2. The van der Waals surface area contributed by atoms with Crippen molar-refractivity contribution in [3.63, 3.8) is 0 Å². The Morgan fingerprint density at radius 2 is 1.62 bits per heavy atom. The van der Waals surface area contributed by atoms with Crippen molar-refractivity contribution in [1.29, 1.82) is 0 Å². The molecule has 2 heterocycles. The molecule has 0 radical (unpaired) electrons. The minimum absolute atomic E-state index is 0. The summed E-state index contributed by atoms with van der Waals surface area (Å²) < 4.78 is 13.3. The molecule has 1 fully saturated rings. The Balaban J connectivity index is 0.00000324. The van der Waals surface area contributed by atoms with Gasteiger partial charge in [0.25, 0.3) is 0 Å². The van der Waals surface area contributed by atoms with Gasteiger partial charge in [0.15, 0.2) is 17.3 Å². The molecule has 8 nitrogen and oxygen atoms in total. The van der Waals surface area contributed by atoms with Gasteiger partial charge in [-0.3, -0.25) is 9.80 Å². The average molecular weight is 487 g/mol. The molecule has 184 valence electrons. The summed E-state index contributed by atoms with van der Waals surface area (Å²) in [6.07, 6.45) is 0. The van der Waals surface area contributed by atoms with E-state index in [-0.39, 0.29) is 24.0 Å².